The van der Waals surface area contributed by atoms with Crippen molar-refractivity contribution in [3.63, 3.8) is 0 Å². The Morgan fingerprint density at radius 3 is 2.50 bits per heavy atom. The maximum Gasteiger partial charge on any atom is 0.410 e. The SMILES string of the molecule is CN1CC(F)(C2CCCCC2)CN2C(C3CN(C(=O)OC(C)(C)C)CCC3N2C)C2OC21. The summed E-state index contributed by atoms with van der Waals surface area (Å²) in [6.45, 7) is 7.90. The molecule has 4 aliphatic heterocycles. The van der Waals surface area contributed by atoms with Crippen LogP contribution in [0.1, 0.15) is 59.3 Å². The summed E-state index contributed by atoms with van der Waals surface area (Å²) in [7, 11) is 4.13. The number of amides is 1. The van der Waals surface area contributed by atoms with E-state index in [9.17, 15) is 4.79 Å². The molecule has 1 amide bonds. The summed E-state index contributed by atoms with van der Waals surface area (Å²) in [6.07, 6.45) is 6.17. The zero-order chi connectivity index (χ0) is 22.8. The van der Waals surface area contributed by atoms with Gasteiger partial charge in [0, 0.05) is 45.2 Å². The molecule has 6 atom stereocenters. The van der Waals surface area contributed by atoms with Crippen LogP contribution in [0.25, 0.3) is 0 Å². The number of likely N-dealkylation sites (N-methyl/N-ethyl adjacent to an activating group) is 1. The molecular formula is C24H41FN4O3. The second kappa shape index (κ2) is 8.07. The first kappa shape index (κ1) is 22.8. The summed E-state index contributed by atoms with van der Waals surface area (Å²) in [6, 6.07) is 0.407. The Balaban J connectivity index is 1.39. The van der Waals surface area contributed by atoms with Crippen molar-refractivity contribution in [2.24, 2.45) is 11.8 Å². The van der Waals surface area contributed by atoms with Gasteiger partial charge in [-0.2, -0.15) is 0 Å². The van der Waals surface area contributed by atoms with Crippen LogP contribution in [0.2, 0.25) is 0 Å². The fourth-order valence-electron chi connectivity index (χ4n) is 6.94. The van der Waals surface area contributed by atoms with Crippen LogP contribution in [0.4, 0.5) is 9.18 Å². The van der Waals surface area contributed by atoms with Crippen LogP contribution >= 0.6 is 0 Å². The molecule has 0 N–H and O–H groups in total. The smallest absolute Gasteiger partial charge is 0.410 e. The van der Waals surface area contributed by atoms with Crippen molar-refractivity contribution in [2.45, 2.75) is 95.0 Å². The van der Waals surface area contributed by atoms with Gasteiger partial charge in [0.2, 0.25) is 0 Å². The van der Waals surface area contributed by atoms with E-state index in [2.05, 4.69) is 22.0 Å². The van der Waals surface area contributed by atoms with Gasteiger partial charge in [-0.1, -0.05) is 19.3 Å². The monoisotopic (exact) mass is 452 g/mol. The van der Waals surface area contributed by atoms with Gasteiger partial charge in [0.15, 0.2) is 0 Å². The third-order valence-corrected chi connectivity index (χ3v) is 8.49. The van der Waals surface area contributed by atoms with Gasteiger partial charge in [0.05, 0.1) is 6.04 Å². The second-order valence-electron chi connectivity index (χ2n) is 11.9. The van der Waals surface area contributed by atoms with Gasteiger partial charge in [-0.3, -0.25) is 4.90 Å². The summed E-state index contributed by atoms with van der Waals surface area (Å²) in [5, 5.41) is 4.59. The quantitative estimate of drug-likeness (QED) is 0.570. The van der Waals surface area contributed by atoms with Crippen LogP contribution in [0.15, 0.2) is 0 Å². The zero-order valence-corrected chi connectivity index (χ0v) is 20.4. The van der Waals surface area contributed by atoms with Crippen LogP contribution < -0.4 is 0 Å². The first-order chi connectivity index (χ1) is 15.1. The number of rotatable bonds is 1. The lowest BCUT2D eigenvalue weighted by atomic mass is 9.76. The van der Waals surface area contributed by atoms with Crippen molar-refractivity contribution in [2.75, 3.05) is 40.3 Å². The summed E-state index contributed by atoms with van der Waals surface area (Å²) in [4.78, 5) is 16.8. The van der Waals surface area contributed by atoms with Crippen LogP contribution in [-0.4, -0.2) is 102 Å². The molecule has 4 heterocycles. The number of ether oxygens (including phenoxy) is 2. The molecule has 0 spiro atoms. The number of piperidine rings is 1. The largest absolute Gasteiger partial charge is 0.444 e. The molecule has 6 unspecified atom stereocenters. The number of fused-ring (bicyclic) bond motifs is 5. The van der Waals surface area contributed by atoms with Gasteiger partial charge in [-0.05, 0) is 53.0 Å². The van der Waals surface area contributed by atoms with Gasteiger partial charge in [-0.15, -0.1) is 0 Å². The average Bonchev–Trinajstić information content (AvgIpc) is 3.47. The highest BCUT2D eigenvalue weighted by molar-refractivity contribution is 5.68. The zero-order valence-electron chi connectivity index (χ0n) is 20.4. The molecule has 0 radical (unpaired) electrons. The topological polar surface area (TPSA) is 51.8 Å². The van der Waals surface area contributed by atoms with E-state index in [0.29, 0.717) is 32.2 Å². The maximum absolute atomic E-state index is 16.8. The molecule has 7 nitrogen and oxygen atoms in total. The number of carbonyl (C=O) groups is 1. The number of halogens is 1. The van der Waals surface area contributed by atoms with Crippen molar-refractivity contribution in [3.05, 3.63) is 0 Å². The van der Waals surface area contributed by atoms with E-state index in [4.69, 9.17) is 9.47 Å². The Morgan fingerprint density at radius 1 is 1.09 bits per heavy atom. The van der Waals surface area contributed by atoms with E-state index in [1.165, 1.54) is 6.42 Å². The van der Waals surface area contributed by atoms with Crippen molar-refractivity contribution in [1.29, 1.82) is 0 Å². The summed E-state index contributed by atoms with van der Waals surface area (Å²) in [5.74, 6) is 0.349. The van der Waals surface area contributed by atoms with Crippen LogP contribution in [0, 0.1) is 11.8 Å². The predicted octanol–water partition coefficient (Wildman–Crippen LogP) is 3.10. The molecule has 1 saturated carbocycles. The Morgan fingerprint density at radius 2 is 1.81 bits per heavy atom. The molecule has 5 rings (SSSR count). The Labute approximate surface area is 192 Å². The Hall–Kier alpha value is -0.960. The number of hydrogen-bond donors (Lipinski definition) is 0. The minimum absolute atomic E-state index is 0.0226. The van der Waals surface area contributed by atoms with Gasteiger partial charge < -0.3 is 14.4 Å². The first-order valence-corrected chi connectivity index (χ1v) is 12.6. The van der Waals surface area contributed by atoms with Gasteiger partial charge >= 0.3 is 6.09 Å². The highest BCUT2D eigenvalue weighted by Crippen LogP contribution is 2.48. The first-order valence-electron chi connectivity index (χ1n) is 12.6. The molecule has 5 fully saturated rings. The number of hydrogen-bond acceptors (Lipinski definition) is 6. The van der Waals surface area contributed by atoms with E-state index in [-0.39, 0.29) is 36.3 Å². The van der Waals surface area contributed by atoms with Crippen LogP contribution in [0.5, 0.6) is 0 Å². The standard InChI is InChI=1S/C24H41FN4O3/c1-23(2,3)32-22(30)28-12-11-18-17(13-28)19-20-21(31-20)26(4)14-24(25,15-29(19)27(18)5)16-9-7-6-8-10-16/h16-21H,6-15H2,1-5H3. The molecular weight excluding hydrogens is 411 g/mol. The van der Waals surface area contributed by atoms with Crippen molar-refractivity contribution in [1.82, 2.24) is 19.8 Å². The van der Waals surface area contributed by atoms with Crippen LogP contribution in [0.3, 0.4) is 0 Å². The minimum Gasteiger partial charge on any atom is -0.444 e. The number of likely N-dealkylation sites (tertiary alicyclic amines) is 1. The van der Waals surface area contributed by atoms with Crippen molar-refractivity contribution in [3.8, 4) is 0 Å². The Kier molecular flexibility index (Phi) is 5.75. The van der Waals surface area contributed by atoms with Gasteiger partial charge in [-0.25, -0.2) is 19.2 Å². The van der Waals surface area contributed by atoms with Gasteiger partial charge in [0.1, 0.15) is 23.6 Å². The number of epoxide rings is 1. The van der Waals surface area contributed by atoms with Crippen LogP contribution in [-0.2, 0) is 9.47 Å². The van der Waals surface area contributed by atoms with Gasteiger partial charge in [0.25, 0.3) is 0 Å². The maximum atomic E-state index is 16.8. The third kappa shape index (κ3) is 4.05. The lowest BCUT2D eigenvalue weighted by Gasteiger charge is -2.44. The highest BCUT2D eigenvalue weighted by Gasteiger charge is 2.63. The Bertz CT molecular complexity index is 727. The lowest BCUT2D eigenvalue weighted by Crippen LogP contribution is -2.59. The minimum atomic E-state index is -1.24. The molecule has 0 aromatic carbocycles. The third-order valence-electron chi connectivity index (χ3n) is 8.49. The van der Waals surface area contributed by atoms with E-state index < -0.39 is 11.3 Å². The van der Waals surface area contributed by atoms with E-state index in [0.717, 1.165) is 32.1 Å². The molecule has 0 aromatic rings. The number of nitrogens with zero attached hydrogens (tertiary/aromatic N) is 4. The molecule has 4 saturated heterocycles. The number of carbonyl (C=O) groups excluding carboxylic acids is 1. The molecule has 0 bridgehead atoms. The molecule has 5 aliphatic rings. The summed E-state index contributed by atoms with van der Waals surface area (Å²) in [5.41, 5.74) is -1.75. The normalized spacial score (nSPS) is 41.9. The molecule has 182 valence electrons. The van der Waals surface area contributed by atoms with E-state index >= 15 is 4.39 Å². The number of hydrazine groups is 1. The van der Waals surface area contributed by atoms with Crippen molar-refractivity contribution < 1.29 is 18.7 Å². The van der Waals surface area contributed by atoms with E-state index in [1.54, 1.807) is 0 Å². The second-order valence-corrected chi connectivity index (χ2v) is 11.9. The highest BCUT2D eigenvalue weighted by atomic mass is 19.1. The number of alkyl halides is 1. The summed E-state index contributed by atoms with van der Waals surface area (Å²) < 4.78 is 28.6. The van der Waals surface area contributed by atoms with Crippen molar-refractivity contribution >= 4 is 6.09 Å². The molecule has 0 aromatic heterocycles. The predicted molar refractivity (Wildman–Crippen MR) is 120 cm³/mol. The fraction of sp³-hybridized carbons (Fsp3) is 0.958. The molecule has 32 heavy (non-hydrogen) atoms. The molecule has 8 heteroatoms. The lowest BCUT2D eigenvalue weighted by molar-refractivity contribution is -0.0903. The average molecular weight is 453 g/mol. The summed E-state index contributed by atoms with van der Waals surface area (Å²) >= 11 is 0. The molecule has 1 aliphatic carbocycles. The fourth-order valence-corrected chi connectivity index (χ4v) is 6.94. The van der Waals surface area contributed by atoms with E-state index in [1.807, 2.05) is 32.7 Å².